The molecule has 0 saturated carbocycles. The SMILES string of the molecule is CC1(C)c2ccccc2-c2ccc(N(c3cc4c5c(c3)C(C)(C)c3ccccc3N5c3c(ccc5ccccc35)O4)c3cccc4c3sc3ccccc34)cc21. The number of anilines is 6. The molecule has 8 aromatic carbocycles. The fourth-order valence-corrected chi connectivity index (χ4v) is 11.2. The smallest absolute Gasteiger partial charge is 0.153 e. The van der Waals surface area contributed by atoms with Crippen LogP contribution in [0.25, 0.3) is 42.1 Å². The summed E-state index contributed by atoms with van der Waals surface area (Å²) in [4.78, 5) is 4.97. The molecule has 12 rings (SSSR count). The summed E-state index contributed by atoms with van der Waals surface area (Å²) in [5.41, 5.74) is 14.3. The number of hydrogen-bond donors (Lipinski definition) is 0. The molecule has 0 atom stereocenters. The second kappa shape index (κ2) is 11.1. The predicted molar refractivity (Wildman–Crippen MR) is 236 cm³/mol. The van der Waals surface area contributed by atoms with Gasteiger partial charge in [0.05, 0.1) is 33.1 Å². The first-order chi connectivity index (χ1) is 27.3. The van der Waals surface area contributed by atoms with Gasteiger partial charge in [-0.3, -0.25) is 0 Å². The zero-order chi connectivity index (χ0) is 37.5. The van der Waals surface area contributed by atoms with Crippen LogP contribution in [-0.2, 0) is 10.8 Å². The Hall–Kier alpha value is -6.36. The standard InChI is InChI=1S/C52H38N2OS/c1-51(2)39-19-9-7-16-35(39)36-26-25-32(28-41(36)51)53(44-22-13-18-38-37-17-8-12-23-47(37)56-50(38)44)33-29-42-49-46(30-33)55-45-27-24-31-14-5-6-15-34(31)48(45)54(49)43-21-11-10-20-40(43)52(42,3)4/h5-30H,1-4H3. The normalized spacial score (nSPS) is 15.2. The highest BCUT2D eigenvalue weighted by molar-refractivity contribution is 7.26. The molecule has 0 radical (unpaired) electrons. The largest absolute Gasteiger partial charge is 0.453 e. The lowest BCUT2D eigenvalue weighted by Gasteiger charge is -2.45. The molecule has 0 N–H and O–H groups in total. The first kappa shape index (κ1) is 31.9. The molecule has 2 aliphatic heterocycles. The number of benzene rings is 8. The van der Waals surface area contributed by atoms with E-state index in [9.17, 15) is 0 Å². The van der Waals surface area contributed by atoms with Crippen LogP contribution in [0, 0.1) is 0 Å². The van der Waals surface area contributed by atoms with Gasteiger partial charge in [0.2, 0.25) is 0 Å². The topological polar surface area (TPSA) is 15.7 Å². The van der Waals surface area contributed by atoms with Crippen molar-refractivity contribution in [2.24, 2.45) is 0 Å². The summed E-state index contributed by atoms with van der Waals surface area (Å²) >= 11 is 1.87. The van der Waals surface area contributed by atoms with Gasteiger partial charge in [0.1, 0.15) is 0 Å². The highest BCUT2D eigenvalue weighted by Gasteiger charge is 2.43. The zero-order valence-corrected chi connectivity index (χ0v) is 32.5. The molecule has 1 aliphatic carbocycles. The Morgan fingerprint density at radius 3 is 2.09 bits per heavy atom. The molecule has 1 aromatic heterocycles. The third-order valence-corrected chi connectivity index (χ3v) is 14.0. The van der Waals surface area contributed by atoms with Crippen LogP contribution in [0.1, 0.15) is 49.9 Å². The number of nitrogens with zero attached hydrogens (tertiary/aromatic N) is 2. The summed E-state index contributed by atoms with van der Waals surface area (Å²) in [7, 11) is 0. The summed E-state index contributed by atoms with van der Waals surface area (Å²) in [6.07, 6.45) is 0. The Morgan fingerprint density at radius 1 is 0.500 bits per heavy atom. The van der Waals surface area contributed by atoms with E-state index in [-0.39, 0.29) is 10.8 Å². The van der Waals surface area contributed by atoms with E-state index in [2.05, 4.69) is 195 Å². The lowest BCUT2D eigenvalue weighted by Crippen LogP contribution is -2.32. The minimum atomic E-state index is -0.310. The van der Waals surface area contributed by atoms with Crippen molar-refractivity contribution in [1.29, 1.82) is 0 Å². The quantitative estimate of drug-likeness (QED) is 0.179. The minimum Gasteiger partial charge on any atom is -0.453 e. The lowest BCUT2D eigenvalue weighted by molar-refractivity contribution is 0.472. The maximum absolute atomic E-state index is 7.12. The fraction of sp³-hybridized carbons (Fsp3) is 0.115. The van der Waals surface area contributed by atoms with Crippen molar-refractivity contribution in [3.8, 4) is 22.6 Å². The molecule has 3 aliphatic rings. The second-order valence-electron chi connectivity index (χ2n) is 16.5. The van der Waals surface area contributed by atoms with Crippen molar-refractivity contribution in [2.45, 2.75) is 38.5 Å². The fourth-order valence-electron chi connectivity index (χ4n) is 10.0. The first-order valence-electron chi connectivity index (χ1n) is 19.5. The van der Waals surface area contributed by atoms with Crippen molar-refractivity contribution in [1.82, 2.24) is 0 Å². The van der Waals surface area contributed by atoms with E-state index < -0.39 is 0 Å². The number of rotatable bonds is 3. The third kappa shape index (κ3) is 4.17. The second-order valence-corrected chi connectivity index (χ2v) is 17.6. The minimum absolute atomic E-state index is 0.138. The van der Waals surface area contributed by atoms with Crippen molar-refractivity contribution in [3.63, 3.8) is 0 Å². The van der Waals surface area contributed by atoms with E-state index in [4.69, 9.17) is 4.74 Å². The number of hydrogen-bond acceptors (Lipinski definition) is 4. The average molecular weight is 739 g/mol. The predicted octanol–water partition coefficient (Wildman–Crippen LogP) is 15.2. The lowest BCUT2D eigenvalue weighted by atomic mass is 9.72. The van der Waals surface area contributed by atoms with Gasteiger partial charge in [-0.25, -0.2) is 0 Å². The number of fused-ring (bicyclic) bond motifs is 12. The Bertz CT molecular complexity index is 3150. The van der Waals surface area contributed by atoms with Gasteiger partial charge in [-0.05, 0) is 81.2 Å². The van der Waals surface area contributed by atoms with Gasteiger partial charge in [0.15, 0.2) is 11.5 Å². The molecular weight excluding hydrogens is 701 g/mol. The van der Waals surface area contributed by atoms with Gasteiger partial charge in [0, 0.05) is 43.4 Å². The molecule has 0 spiro atoms. The van der Waals surface area contributed by atoms with Crippen LogP contribution in [0.2, 0.25) is 0 Å². The van der Waals surface area contributed by atoms with E-state index in [0.29, 0.717) is 0 Å². The third-order valence-electron chi connectivity index (χ3n) is 12.8. The Labute approximate surface area is 330 Å². The van der Waals surface area contributed by atoms with Crippen LogP contribution in [0.3, 0.4) is 0 Å². The number of para-hydroxylation sites is 1. The number of ether oxygens (including phenoxy) is 1. The average Bonchev–Trinajstić information content (AvgIpc) is 3.72. The molecule has 0 amide bonds. The summed E-state index contributed by atoms with van der Waals surface area (Å²) in [6.45, 7) is 9.47. The van der Waals surface area contributed by atoms with Gasteiger partial charge in [-0.2, -0.15) is 0 Å². The summed E-state index contributed by atoms with van der Waals surface area (Å²) in [5.74, 6) is 1.73. The monoisotopic (exact) mass is 738 g/mol. The molecule has 268 valence electrons. The molecule has 0 unspecified atom stereocenters. The van der Waals surface area contributed by atoms with E-state index in [1.165, 1.54) is 70.0 Å². The first-order valence-corrected chi connectivity index (χ1v) is 20.3. The van der Waals surface area contributed by atoms with Crippen LogP contribution in [-0.4, -0.2) is 0 Å². The molecule has 0 bridgehead atoms. The van der Waals surface area contributed by atoms with Gasteiger partial charge >= 0.3 is 0 Å². The van der Waals surface area contributed by atoms with Crippen molar-refractivity contribution in [3.05, 3.63) is 180 Å². The Balaban J connectivity index is 1.15. The Kier molecular flexibility index (Phi) is 6.34. The van der Waals surface area contributed by atoms with Gasteiger partial charge < -0.3 is 14.5 Å². The van der Waals surface area contributed by atoms with E-state index in [1.807, 2.05) is 11.3 Å². The number of thiophene rings is 1. The van der Waals surface area contributed by atoms with E-state index >= 15 is 0 Å². The molecule has 0 saturated heterocycles. The zero-order valence-electron chi connectivity index (χ0n) is 31.7. The van der Waals surface area contributed by atoms with Crippen molar-refractivity contribution in [2.75, 3.05) is 9.80 Å². The Morgan fingerprint density at radius 2 is 1.20 bits per heavy atom. The summed E-state index contributed by atoms with van der Waals surface area (Å²) in [6, 6.07) is 58.2. The molecule has 4 heteroatoms. The molecule has 9 aromatic rings. The highest BCUT2D eigenvalue weighted by Crippen LogP contribution is 2.63. The van der Waals surface area contributed by atoms with Crippen molar-refractivity contribution >= 4 is 76.4 Å². The van der Waals surface area contributed by atoms with Gasteiger partial charge in [0.25, 0.3) is 0 Å². The van der Waals surface area contributed by atoms with Gasteiger partial charge in [-0.1, -0.05) is 137 Å². The van der Waals surface area contributed by atoms with Crippen LogP contribution >= 0.6 is 11.3 Å². The molecule has 3 nitrogen and oxygen atoms in total. The van der Waals surface area contributed by atoms with E-state index in [0.717, 1.165) is 39.9 Å². The summed E-state index contributed by atoms with van der Waals surface area (Å²) in [5, 5.41) is 4.95. The molecule has 56 heavy (non-hydrogen) atoms. The maximum Gasteiger partial charge on any atom is 0.153 e. The van der Waals surface area contributed by atoms with Gasteiger partial charge in [-0.15, -0.1) is 11.3 Å². The molecule has 3 heterocycles. The highest BCUT2D eigenvalue weighted by atomic mass is 32.1. The molecule has 0 fully saturated rings. The van der Waals surface area contributed by atoms with Crippen molar-refractivity contribution < 1.29 is 4.74 Å². The van der Waals surface area contributed by atoms with Crippen LogP contribution in [0.5, 0.6) is 11.5 Å². The van der Waals surface area contributed by atoms with E-state index in [1.54, 1.807) is 0 Å². The maximum atomic E-state index is 7.12. The van der Waals surface area contributed by atoms with Crippen LogP contribution in [0.4, 0.5) is 34.1 Å². The molecular formula is C52H38N2OS. The van der Waals surface area contributed by atoms with Crippen LogP contribution in [0.15, 0.2) is 158 Å². The van der Waals surface area contributed by atoms with Crippen LogP contribution < -0.4 is 14.5 Å². The summed E-state index contributed by atoms with van der Waals surface area (Å²) < 4.78 is 9.69.